The van der Waals surface area contributed by atoms with Crippen molar-refractivity contribution in [3.63, 3.8) is 0 Å². The Morgan fingerprint density at radius 3 is 2.65 bits per heavy atom. The van der Waals surface area contributed by atoms with Crippen LogP contribution in [-0.4, -0.2) is 50.7 Å². The molecule has 1 unspecified atom stereocenters. The minimum Gasteiger partial charge on any atom is -0.370 e. The van der Waals surface area contributed by atoms with Crippen molar-refractivity contribution >= 4 is 45.0 Å². The van der Waals surface area contributed by atoms with E-state index >= 15 is 0 Å². The van der Waals surface area contributed by atoms with Gasteiger partial charge in [0.25, 0.3) is 0 Å². The number of benzene rings is 1. The first-order valence-corrected chi connectivity index (χ1v) is 15.6. The molecule has 1 atom stereocenters. The molecular formula is C31H36BrClN6O. The van der Waals surface area contributed by atoms with Crippen LogP contribution in [0, 0.1) is 11.3 Å². The van der Waals surface area contributed by atoms with Gasteiger partial charge in [-0.25, -0.2) is 9.78 Å². The Bertz CT molecular complexity index is 1510. The molecule has 2 aromatic heterocycles. The second-order valence-electron chi connectivity index (χ2n) is 11.1. The summed E-state index contributed by atoms with van der Waals surface area (Å²) >= 11 is 10.1. The smallest absolute Gasteiger partial charge is 0.318 e. The number of rotatable bonds is 8. The van der Waals surface area contributed by atoms with Gasteiger partial charge in [-0.15, -0.1) is 0 Å². The van der Waals surface area contributed by atoms with Crippen LogP contribution in [0.15, 0.2) is 64.3 Å². The molecule has 3 aliphatic rings. The SMILES string of the molecule is CC/C=C1/C2(CC)/C(=C/CC)C12NC(=O)N1CCCC(CNc2cc(-c3ccccc3Cl)nc3c(Br)cnn23)C1. The Morgan fingerprint density at radius 2 is 1.95 bits per heavy atom. The Balaban J connectivity index is 1.16. The predicted octanol–water partition coefficient (Wildman–Crippen LogP) is 7.48. The predicted molar refractivity (Wildman–Crippen MR) is 165 cm³/mol. The topological polar surface area (TPSA) is 74.6 Å². The maximum Gasteiger partial charge on any atom is 0.318 e. The molecule has 1 aliphatic heterocycles. The Kier molecular flexibility index (Phi) is 7.20. The number of nitrogens with one attached hydrogen (secondary N) is 2. The molecule has 3 fully saturated rings. The van der Waals surface area contributed by atoms with Crippen LogP contribution in [0.4, 0.5) is 10.6 Å². The molecule has 0 radical (unpaired) electrons. The number of carbonyl (C=O) groups excluding carboxylic acids is 1. The number of carbonyl (C=O) groups is 1. The van der Waals surface area contributed by atoms with E-state index in [4.69, 9.17) is 16.6 Å². The number of halogens is 2. The van der Waals surface area contributed by atoms with Gasteiger partial charge in [-0.05, 0) is 71.2 Å². The zero-order valence-electron chi connectivity index (χ0n) is 23.3. The second kappa shape index (κ2) is 10.5. The summed E-state index contributed by atoms with van der Waals surface area (Å²) in [5.74, 6) is 1.17. The van der Waals surface area contributed by atoms with Gasteiger partial charge in [0.15, 0.2) is 5.65 Å². The Labute approximate surface area is 249 Å². The lowest BCUT2D eigenvalue weighted by Gasteiger charge is -2.33. The number of hydrogen-bond donors (Lipinski definition) is 2. The van der Waals surface area contributed by atoms with Crippen LogP contribution in [0.5, 0.6) is 0 Å². The first kappa shape index (κ1) is 27.3. The molecule has 2 amide bonds. The fourth-order valence-corrected chi connectivity index (χ4v) is 7.50. The first-order valence-electron chi connectivity index (χ1n) is 14.4. The van der Waals surface area contributed by atoms with Gasteiger partial charge in [-0.2, -0.15) is 9.61 Å². The minimum absolute atomic E-state index is 0.0600. The minimum atomic E-state index is -0.221. The highest BCUT2D eigenvalue weighted by molar-refractivity contribution is 9.10. The molecule has 9 heteroatoms. The van der Waals surface area contributed by atoms with Gasteiger partial charge in [0.05, 0.1) is 21.9 Å². The van der Waals surface area contributed by atoms with Crippen molar-refractivity contribution in [3.8, 4) is 11.3 Å². The van der Waals surface area contributed by atoms with Gasteiger partial charge in [0, 0.05) is 41.7 Å². The summed E-state index contributed by atoms with van der Waals surface area (Å²) in [4.78, 5) is 20.4. The summed E-state index contributed by atoms with van der Waals surface area (Å²) < 4.78 is 2.63. The number of hydrogen-bond acceptors (Lipinski definition) is 4. The van der Waals surface area contributed by atoms with E-state index in [-0.39, 0.29) is 17.0 Å². The summed E-state index contributed by atoms with van der Waals surface area (Å²) in [6, 6.07) is 9.78. The zero-order valence-corrected chi connectivity index (χ0v) is 25.6. The van der Waals surface area contributed by atoms with E-state index in [1.807, 2.05) is 39.7 Å². The highest BCUT2D eigenvalue weighted by atomic mass is 79.9. The van der Waals surface area contributed by atoms with Gasteiger partial charge in [-0.3, -0.25) is 0 Å². The average molecular weight is 624 g/mol. The number of piperidine rings is 1. The molecule has 2 saturated carbocycles. The van der Waals surface area contributed by atoms with Crippen LogP contribution >= 0.6 is 27.5 Å². The van der Waals surface area contributed by atoms with Gasteiger partial charge < -0.3 is 15.5 Å². The third kappa shape index (κ3) is 4.17. The summed E-state index contributed by atoms with van der Waals surface area (Å²) in [6.45, 7) is 8.83. The number of anilines is 1. The number of amides is 2. The number of fused-ring (bicyclic) bond motifs is 2. The van der Waals surface area contributed by atoms with Gasteiger partial charge in [-0.1, -0.05) is 62.7 Å². The fourth-order valence-electron chi connectivity index (χ4n) is 6.92. The highest BCUT2D eigenvalue weighted by Crippen LogP contribution is 2.88. The molecule has 7 nitrogen and oxygen atoms in total. The number of likely N-dealkylation sites (tertiary alicyclic amines) is 1. The maximum atomic E-state index is 13.6. The average Bonchev–Trinajstić information content (AvgIpc) is 3.66. The van der Waals surface area contributed by atoms with Gasteiger partial charge in [0.1, 0.15) is 5.82 Å². The van der Waals surface area contributed by atoms with E-state index in [2.05, 4.69) is 64.6 Å². The van der Waals surface area contributed by atoms with Crippen molar-refractivity contribution in [3.05, 3.63) is 69.3 Å². The number of allylic oxidation sites excluding steroid dienone is 2. The van der Waals surface area contributed by atoms with Gasteiger partial charge in [0.2, 0.25) is 0 Å². The van der Waals surface area contributed by atoms with Crippen molar-refractivity contribution in [2.45, 2.75) is 58.4 Å². The standard InChI is InChI=1S/C31H36BrClN6O/c1-4-10-25-30(6-3)26(11-5-2)31(25,30)37-29(40)38-15-9-12-20(19-38)17-34-27-16-24(21-13-7-8-14-23(21)33)36-28-22(32)18-35-39(27)28/h7-8,10-11,13-14,16,18,20,34H,4-6,9,12,15,17,19H2,1-3H3,(H,37,40)/b25-10-,26-11-. The Hall–Kier alpha value is -2.84. The van der Waals surface area contributed by atoms with E-state index in [0.717, 1.165) is 78.9 Å². The normalized spacial score (nSPS) is 27.2. The fraction of sp³-hybridized carbons (Fsp3) is 0.452. The molecule has 210 valence electrons. The number of aromatic nitrogens is 3. The Morgan fingerprint density at radius 1 is 1.20 bits per heavy atom. The monoisotopic (exact) mass is 622 g/mol. The van der Waals surface area contributed by atoms with E-state index < -0.39 is 0 Å². The molecule has 2 aliphatic carbocycles. The van der Waals surface area contributed by atoms with Crippen molar-refractivity contribution in [1.82, 2.24) is 24.8 Å². The van der Waals surface area contributed by atoms with E-state index in [0.29, 0.717) is 10.9 Å². The molecule has 0 spiro atoms. The highest BCUT2D eigenvalue weighted by Gasteiger charge is 2.91. The van der Waals surface area contributed by atoms with Crippen LogP contribution in [0.25, 0.3) is 16.9 Å². The lowest BCUT2D eigenvalue weighted by Crippen LogP contribution is -2.49. The number of urea groups is 1. The molecular weight excluding hydrogens is 588 g/mol. The summed E-state index contributed by atoms with van der Waals surface area (Å²) in [5.41, 5.74) is 5.06. The third-order valence-corrected chi connectivity index (χ3v) is 9.73. The van der Waals surface area contributed by atoms with E-state index in [1.165, 1.54) is 11.1 Å². The lowest BCUT2D eigenvalue weighted by atomic mass is 9.98. The maximum absolute atomic E-state index is 13.6. The molecule has 6 rings (SSSR count). The molecule has 0 bridgehead atoms. The lowest BCUT2D eigenvalue weighted by molar-refractivity contribution is 0.167. The first-order chi connectivity index (χ1) is 19.4. The molecule has 3 heterocycles. The van der Waals surface area contributed by atoms with Crippen molar-refractivity contribution in [2.24, 2.45) is 11.3 Å². The van der Waals surface area contributed by atoms with E-state index in [1.54, 1.807) is 6.20 Å². The molecule has 1 aromatic carbocycles. The van der Waals surface area contributed by atoms with Crippen LogP contribution in [0.3, 0.4) is 0 Å². The van der Waals surface area contributed by atoms with Crippen LogP contribution in [0.2, 0.25) is 5.02 Å². The molecule has 3 aromatic rings. The third-order valence-electron chi connectivity index (χ3n) is 8.84. The van der Waals surface area contributed by atoms with Gasteiger partial charge >= 0.3 is 6.03 Å². The van der Waals surface area contributed by atoms with Crippen molar-refractivity contribution in [1.29, 1.82) is 0 Å². The summed E-state index contributed by atoms with van der Waals surface area (Å²) in [5, 5.41) is 12.3. The number of nitrogens with zero attached hydrogens (tertiary/aromatic N) is 4. The van der Waals surface area contributed by atoms with Crippen LogP contribution < -0.4 is 10.6 Å². The second-order valence-corrected chi connectivity index (χ2v) is 12.3. The quantitative estimate of drug-likeness (QED) is 0.255. The summed E-state index contributed by atoms with van der Waals surface area (Å²) in [6.07, 6.45) is 11.5. The van der Waals surface area contributed by atoms with Crippen molar-refractivity contribution < 1.29 is 4.79 Å². The van der Waals surface area contributed by atoms with Crippen LogP contribution in [0.1, 0.15) is 52.9 Å². The molecule has 2 N–H and O–H groups in total. The zero-order chi connectivity index (χ0) is 28.1. The molecule has 40 heavy (non-hydrogen) atoms. The molecule has 1 saturated heterocycles. The van der Waals surface area contributed by atoms with Crippen molar-refractivity contribution in [2.75, 3.05) is 25.0 Å². The van der Waals surface area contributed by atoms with Crippen LogP contribution in [-0.2, 0) is 0 Å². The summed E-state index contributed by atoms with van der Waals surface area (Å²) in [7, 11) is 0. The largest absolute Gasteiger partial charge is 0.370 e. The van der Waals surface area contributed by atoms with E-state index in [9.17, 15) is 4.79 Å².